The average Bonchev–Trinajstić information content (AvgIpc) is 3.20. The molecule has 1 heterocycles. The molecule has 2 atom stereocenters. The standard InChI is InChI=1S/C23H27NO4S/c1-28-21-12-11-17-14-19(10-9-18(17)15-21)23(25)24-13-5-6-20(24)16-29(26,27)22-7-3-2-4-8-22/h2-4,7-8,11-12,15,19-20H,5-6,9-10,13-14,16H2,1H3. The summed E-state index contributed by atoms with van der Waals surface area (Å²) < 4.78 is 30.9. The third-order valence-corrected chi connectivity index (χ3v) is 7.98. The molecule has 2 aromatic rings. The van der Waals surface area contributed by atoms with E-state index in [-0.39, 0.29) is 23.6 Å². The Bertz CT molecular complexity index is 987. The van der Waals surface area contributed by atoms with Gasteiger partial charge in [0.15, 0.2) is 9.84 Å². The minimum absolute atomic E-state index is 0.00323. The minimum Gasteiger partial charge on any atom is -0.497 e. The lowest BCUT2D eigenvalue weighted by molar-refractivity contribution is -0.136. The third kappa shape index (κ3) is 4.17. The Kier molecular flexibility index (Phi) is 5.63. The molecule has 4 rings (SSSR count). The molecule has 1 amide bonds. The van der Waals surface area contributed by atoms with Crippen molar-refractivity contribution in [3.8, 4) is 5.75 Å². The van der Waals surface area contributed by atoms with Crippen LogP contribution < -0.4 is 4.74 Å². The number of fused-ring (bicyclic) bond motifs is 1. The first kappa shape index (κ1) is 20.0. The number of hydrogen-bond donors (Lipinski definition) is 0. The SMILES string of the molecule is COc1ccc2c(c1)CCC(C(=O)N1CCCC1CS(=O)(=O)c1ccccc1)C2. The summed E-state index contributed by atoms with van der Waals surface area (Å²) in [6.45, 7) is 0.653. The number of ether oxygens (including phenoxy) is 1. The van der Waals surface area contributed by atoms with Crippen LogP contribution in [-0.2, 0) is 27.5 Å². The number of nitrogens with zero attached hydrogens (tertiary/aromatic N) is 1. The van der Waals surface area contributed by atoms with Crippen molar-refractivity contribution in [2.45, 2.75) is 43.0 Å². The van der Waals surface area contributed by atoms with Gasteiger partial charge >= 0.3 is 0 Å². The lowest BCUT2D eigenvalue weighted by Gasteiger charge is -2.31. The molecular weight excluding hydrogens is 386 g/mol. The number of sulfone groups is 1. The molecule has 0 bridgehead atoms. The second-order valence-electron chi connectivity index (χ2n) is 8.00. The normalized spacial score (nSPS) is 21.6. The lowest BCUT2D eigenvalue weighted by atomic mass is 9.83. The van der Waals surface area contributed by atoms with Crippen molar-refractivity contribution in [1.82, 2.24) is 4.90 Å². The first-order chi connectivity index (χ1) is 14.0. The van der Waals surface area contributed by atoms with Crippen molar-refractivity contribution in [1.29, 1.82) is 0 Å². The number of aryl methyl sites for hydroxylation is 1. The predicted molar refractivity (Wildman–Crippen MR) is 112 cm³/mol. The van der Waals surface area contributed by atoms with Gasteiger partial charge in [-0.05, 0) is 67.5 Å². The largest absolute Gasteiger partial charge is 0.497 e. The van der Waals surface area contributed by atoms with E-state index >= 15 is 0 Å². The van der Waals surface area contributed by atoms with E-state index in [9.17, 15) is 13.2 Å². The van der Waals surface area contributed by atoms with E-state index in [0.717, 1.165) is 31.4 Å². The first-order valence-electron chi connectivity index (χ1n) is 10.2. The number of carbonyl (C=O) groups is 1. The fourth-order valence-corrected chi connectivity index (χ4v) is 6.20. The molecule has 1 saturated heterocycles. The smallest absolute Gasteiger partial charge is 0.226 e. The van der Waals surface area contributed by atoms with Gasteiger partial charge in [0, 0.05) is 18.5 Å². The van der Waals surface area contributed by atoms with Gasteiger partial charge in [-0.25, -0.2) is 8.42 Å². The number of hydrogen-bond acceptors (Lipinski definition) is 4. The molecule has 0 aromatic heterocycles. The maximum Gasteiger partial charge on any atom is 0.226 e. The summed E-state index contributed by atoms with van der Waals surface area (Å²) in [4.78, 5) is 15.4. The van der Waals surface area contributed by atoms with Gasteiger partial charge in [0.2, 0.25) is 5.91 Å². The van der Waals surface area contributed by atoms with Crippen LogP contribution in [0.2, 0.25) is 0 Å². The Labute approximate surface area is 172 Å². The van der Waals surface area contributed by atoms with Crippen LogP contribution in [-0.4, -0.2) is 44.7 Å². The Morgan fingerprint density at radius 1 is 1.10 bits per heavy atom. The summed E-state index contributed by atoms with van der Waals surface area (Å²) in [5.41, 5.74) is 2.45. The molecule has 6 heteroatoms. The molecule has 2 aliphatic rings. The van der Waals surface area contributed by atoms with Crippen LogP contribution >= 0.6 is 0 Å². The molecule has 5 nitrogen and oxygen atoms in total. The van der Waals surface area contributed by atoms with E-state index in [1.165, 1.54) is 11.1 Å². The maximum atomic E-state index is 13.3. The third-order valence-electron chi connectivity index (χ3n) is 6.17. The monoisotopic (exact) mass is 413 g/mol. The van der Waals surface area contributed by atoms with Gasteiger partial charge in [-0.2, -0.15) is 0 Å². The quantitative estimate of drug-likeness (QED) is 0.755. The van der Waals surface area contributed by atoms with Crippen molar-refractivity contribution >= 4 is 15.7 Å². The van der Waals surface area contributed by atoms with E-state index in [0.29, 0.717) is 17.9 Å². The minimum atomic E-state index is -3.41. The lowest BCUT2D eigenvalue weighted by Crippen LogP contribution is -2.44. The van der Waals surface area contributed by atoms with E-state index in [4.69, 9.17) is 4.74 Å². The van der Waals surface area contributed by atoms with E-state index in [1.54, 1.807) is 37.4 Å². The van der Waals surface area contributed by atoms with Gasteiger partial charge < -0.3 is 9.64 Å². The topological polar surface area (TPSA) is 63.7 Å². The molecule has 1 fully saturated rings. The highest BCUT2D eigenvalue weighted by atomic mass is 32.2. The number of likely N-dealkylation sites (tertiary alicyclic amines) is 1. The molecule has 0 spiro atoms. The van der Waals surface area contributed by atoms with Gasteiger partial charge in [-0.15, -0.1) is 0 Å². The molecular formula is C23H27NO4S. The van der Waals surface area contributed by atoms with Crippen molar-refractivity contribution in [3.05, 3.63) is 59.7 Å². The summed E-state index contributed by atoms with van der Waals surface area (Å²) in [5.74, 6) is 0.885. The Hall–Kier alpha value is -2.34. The molecule has 0 radical (unpaired) electrons. The number of rotatable bonds is 5. The van der Waals surface area contributed by atoms with Crippen LogP contribution in [0, 0.1) is 5.92 Å². The van der Waals surface area contributed by atoms with Crippen molar-refractivity contribution in [2.75, 3.05) is 19.4 Å². The zero-order chi connectivity index (χ0) is 20.4. The summed E-state index contributed by atoms with van der Waals surface area (Å²) >= 11 is 0. The number of methoxy groups -OCH3 is 1. The van der Waals surface area contributed by atoms with Crippen molar-refractivity contribution in [3.63, 3.8) is 0 Å². The van der Waals surface area contributed by atoms with E-state index in [1.807, 2.05) is 11.0 Å². The Balaban J connectivity index is 1.47. The van der Waals surface area contributed by atoms with Crippen molar-refractivity contribution < 1.29 is 17.9 Å². The van der Waals surface area contributed by atoms with Crippen molar-refractivity contribution in [2.24, 2.45) is 5.92 Å². The fraction of sp³-hybridized carbons (Fsp3) is 0.435. The molecule has 0 N–H and O–H groups in total. The molecule has 29 heavy (non-hydrogen) atoms. The van der Waals surface area contributed by atoms with Crippen LogP contribution in [0.25, 0.3) is 0 Å². The second kappa shape index (κ2) is 8.19. The highest BCUT2D eigenvalue weighted by Crippen LogP contribution is 2.32. The highest BCUT2D eigenvalue weighted by molar-refractivity contribution is 7.91. The van der Waals surface area contributed by atoms with Gasteiger partial charge in [0.1, 0.15) is 5.75 Å². The molecule has 0 saturated carbocycles. The summed E-state index contributed by atoms with van der Waals surface area (Å²) in [5, 5.41) is 0. The molecule has 154 valence electrons. The van der Waals surface area contributed by atoms with Crippen LogP contribution in [0.15, 0.2) is 53.4 Å². The Morgan fingerprint density at radius 3 is 2.66 bits per heavy atom. The zero-order valence-corrected chi connectivity index (χ0v) is 17.5. The fourth-order valence-electron chi connectivity index (χ4n) is 4.58. The van der Waals surface area contributed by atoms with Crippen LogP contribution in [0.5, 0.6) is 5.75 Å². The molecule has 2 unspecified atom stereocenters. The van der Waals surface area contributed by atoms with Gasteiger partial charge in [0.05, 0.1) is 17.8 Å². The van der Waals surface area contributed by atoms with E-state index < -0.39 is 9.84 Å². The van der Waals surface area contributed by atoms with Gasteiger partial charge in [-0.1, -0.05) is 24.3 Å². The zero-order valence-electron chi connectivity index (χ0n) is 16.7. The van der Waals surface area contributed by atoms with Crippen LogP contribution in [0.1, 0.15) is 30.4 Å². The molecule has 2 aromatic carbocycles. The maximum absolute atomic E-state index is 13.3. The van der Waals surface area contributed by atoms with Crippen LogP contribution in [0.3, 0.4) is 0 Å². The van der Waals surface area contributed by atoms with E-state index in [2.05, 4.69) is 12.1 Å². The summed E-state index contributed by atoms with van der Waals surface area (Å²) in [6, 6.07) is 14.3. The van der Waals surface area contributed by atoms with Crippen LogP contribution in [0.4, 0.5) is 0 Å². The number of amides is 1. The van der Waals surface area contributed by atoms with Gasteiger partial charge in [-0.3, -0.25) is 4.79 Å². The highest BCUT2D eigenvalue weighted by Gasteiger charge is 2.37. The van der Waals surface area contributed by atoms with Gasteiger partial charge in [0.25, 0.3) is 0 Å². The predicted octanol–water partition coefficient (Wildman–Crippen LogP) is 3.27. The number of benzene rings is 2. The number of carbonyl (C=O) groups excluding carboxylic acids is 1. The molecule has 1 aliphatic heterocycles. The summed E-state index contributed by atoms with van der Waals surface area (Å²) in [7, 11) is -1.74. The summed E-state index contributed by atoms with van der Waals surface area (Å²) in [6.07, 6.45) is 3.98. The Morgan fingerprint density at radius 2 is 1.90 bits per heavy atom. The first-order valence-corrected chi connectivity index (χ1v) is 11.9. The average molecular weight is 414 g/mol. The molecule has 1 aliphatic carbocycles. The second-order valence-corrected chi connectivity index (χ2v) is 10.0.